The van der Waals surface area contributed by atoms with E-state index in [4.69, 9.17) is 5.73 Å². The Bertz CT molecular complexity index is 544. The van der Waals surface area contributed by atoms with Crippen LogP contribution in [0.4, 0.5) is 5.69 Å². The molecule has 3 N–H and O–H groups in total. The summed E-state index contributed by atoms with van der Waals surface area (Å²) in [5.41, 5.74) is 6.43. The van der Waals surface area contributed by atoms with E-state index in [1.165, 1.54) is 6.07 Å². The first-order chi connectivity index (χ1) is 8.83. The molecule has 7 heteroatoms. The van der Waals surface area contributed by atoms with Gasteiger partial charge >= 0.3 is 0 Å². The number of nitrogens with zero attached hydrogens (tertiary/aromatic N) is 1. The number of halogens is 1. The molecule has 1 amide bonds. The van der Waals surface area contributed by atoms with Gasteiger partial charge < -0.3 is 11.1 Å². The second kappa shape index (κ2) is 5.76. The Labute approximate surface area is 123 Å². The molecule has 2 rings (SSSR count). The van der Waals surface area contributed by atoms with Gasteiger partial charge in [-0.15, -0.1) is 12.4 Å². The molecule has 1 fully saturated rings. The number of nitrogens with two attached hydrogens (primary N) is 1. The van der Waals surface area contributed by atoms with Crippen LogP contribution in [0.2, 0.25) is 0 Å². The monoisotopic (exact) mass is 299 g/mol. The first-order valence-electron chi connectivity index (χ1n) is 6.18. The maximum absolute atomic E-state index is 11.8. The molecule has 0 heterocycles. The van der Waals surface area contributed by atoms with Crippen molar-refractivity contribution in [1.29, 1.82) is 0 Å². The average Bonchev–Trinajstić information content (AvgIpc) is 3.08. The Balaban J connectivity index is 0.00000200. The van der Waals surface area contributed by atoms with Crippen LogP contribution in [0.1, 0.15) is 36.9 Å². The molecule has 20 heavy (non-hydrogen) atoms. The number of amides is 1. The molecule has 1 aromatic carbocycles. The van der Waals surface area contributed by atoms with Crippen LogP contribution in [0.3, 0.4) is 0 Å². The molecule has 1 aliphatic rings. The van der Waals surface area contributed by atoms with Crippen molar-refractivity contribution in [3.05, 3.63) is 39.4 Å². The molecule has 0 aromatic heterocycles. The zero-order chi connectivity index (χ0) is 14.2. The first kappa shape index (κ1) is 16.4. The molecule has 6 nitrogen and oxygen atoms in total. The Kier molecular flexibility index (Phi) is 4.73. The summed E-state index contributed by atoms with van der Waals surface area (Å²) in [5.74, 6) is -0.191. The normalized spacial score (nSPS) is 16.8. The molecule has 1 aliphatic carbocycles. The molecule has 110 valence electrons. The van der Waals surface area contributed by atoms with Crippen molar-refractivity contribution in [2.45, 2.75) is 38.3 Å². The standard InChI is InChI=1S/C13H17N3O3.ClH/c1-8-3-4-10(7-11(8)16(18)19)9(2)15-12(17)13(14)5-6-13;/h3-4,7,9H,5-6,14H2,1-2H3,(H,15,17);1H. The summed E-state index contributed by atoms with van der Waals surface area (Å²) in [6.07, 6.45) is 1.39. The molecule has 1 atom stereocenters. The van der Waals surface area contributed by atoms with E-state index in [0.29, 0.717) is 24.0 Å². The highest BCUT2D eigenvalue weighted by Crippen LogP contribution is 2.33. The van der Waals surface area contributed by atoms with Crippen molar-refractivity contribution >= 4 is 24.0 Å². The van der Waals surface area contributed by atoms with Crippen molar-refractivity contribution in [2.24, 2.45) is 5.73 Å². The molecular formula is C13H18ClN3O3. The lowest BCUT2D eigenvalue weighted by Crippen LogP contribution is -2.43. The van der Waals surface area contributed by atoms with E-state index in [2.05, 4.69) is 5.32 Å². The lowest BCUT2D eigenvalue weighted by atomic mass is 10.0. The van der Waals surface area contributed by atoms with Crippen molar-refractivity contribution in [1.82, 2.24) is 5.32 Å². The molecular weight excluding hydrogens is 282 g/mol. The van der Waals surface area contributed by atoms with Crippen molar-refractivity contribution in [3.8, 4) is 0 Å². The van der Waals surface area contributed by atoms with Gasteiger partial charge in [-0.25, -0.2) is 0 Å². The second-order valence-corrected chi connectivity index (χ2v) is 5.15. The van der Waals surface area contributed by atoms with Gasteiger partial charge in [-0.2, -0.15) is 0 Å². The highest BCUT2D eigenvalue weighted by atomic mass is 35.5. The summed E-state index contributed by atoms with van der Waals surface area (Å²) in [7, 11) is 0. The third kappa shape index (κ3) is 3.26. The summed E-state index contributed by atoms with van der Waals surface area (Å²) in [4.78, 5) is 22.3. The van der Waals surface area contributed by atoms with Crippen molar-refractivity contribution in [3.63, 3.8) is 0 Å². The number of carbonyl (C=O) groups excluding carboxylic acids is 1. The number of nitro groups is 1. The fourth-order valence-corrected chi connectivity index (χ4v) is 1.88. The second-order valence-electron chi connectivity index (χ2n) is 5.15. The largest absolute Gasteiger partial charge is 0.348 e. The predicted octanol–water partition coefficient (Wildman–Crippen LogP) is 1.99. The van der Waals surface area contributed by atoms with E-state index < -0.39 is 10.5 Å². The van der Waals surface area contributed by atoms with E-state index in [-0.39, 0.29) is 30.0 Å². The summed E-state index contributed by atoms with van der Waals surface area (Å²) < 4.78 is 0. The lowest BCUT2D eigenvalue weighted by Gasteiger charge is -2.17. The van der Waals surface area contributed by atoms with Crippen LogP contribution in [0.15, 0.2) is 18.2 Å². The number of nitro benzene ring substituents is 1. The Morgan fingerprint density at radius 3 is 2.60 bits per heavy atom. The zero-order valence-electron chi connectivity index (χ0n) is 11.4. The molecule has 0 bridgehead atoms. The fraction of sp³-hybridized carbons (Fsp3) is 0.462. The van der Waals surface area contributed by atoms with E-state index in [9.17, 15) is 14.9 Å². The van der Waals surface area contributed by atoms with E-state index in [0.717, 1.165) is 0 Å². The number of rotatable bonds is 4. The third-order valence-corrected chi connectivity index (χ3v) is 3.52. The maximum Gasteiger partial charge on any atom is 0.272 e. The van der Waals surface area contributed by atoms with Crippen LogP contribution in [0, 0.1) is 17.0 Å². The van der Waals surface area contributed by atoms with Gasteiger partial charge in [0.05, 0.1) is 16.5 Å². The van der Waals surface area contributed by atoms with Gasteiger partial charge in [-0.1, -0.05) is 12.1 Å². The molecule has 0 aliphatic heterocycles. The number of carbonyl (C=O) groups is 1. The summed E-state index contributed by atoms with van der Waals surface area (Å²) in [6.45, 7) is 3.47. The number of nitrogens with one attached hydrogen (secondary N) is 1. The molecule has 0 spiro atoms. The van der Waals surface area contributed by atoms with Crippen LogP contribution in [0.25, 0.3) is 0 Å². The molecule has 1 aromatic rings. The Morgan fingerprint density at radius 1 is 1.50 bits per heavy atom. The summed E-state index contributed by atoms with van der Waals surface area (Å²) in [5, 5.41) is 13.7. The smallest absolute Gasteiger partial charge is 0.272 e. The van der Waals surface area contributed by atoms with Gasteiger partial charge in [-0.3, -0.25) is 14.9 Å². The minimum absolute atomic E-state index is 0. The number of benzene rings is 1. The number of aryl methyl sites for hydroxylation is 1. The topological polar surface area (TPSA) is 98.3 Å². The van der Waals surface area contributed by atoms with Crippen molar-refractivity contribution < 1.29 is 9.72 Å². The first-order valence-corrected chi connectivity index (χ1v) is 6.18. The molecule has 1 saturated carbocycles. The van der Waals surface area contributed by atoms with E-state index >= 15 is 0 Å². The van der Waals surface area contributed by atoms with E-state index in [1.54, 1.807) is 26.0 Å². The number of hydrogen-bond donors (Lipinski definition) is 2. The third-order valence-electron chi connectivity index (χ3n) is 3.52. The minimum Gasteiger partial charge on any atom is -0.348 e. The quantitative estimate of drug-likeness (QED) is 0.656. The zero-order valence-corrected chi connectivity index (χ0v) is 12.2. The van der Waals surface area contributed by atoms with Crippen LogP contribution < -0.4 is 11.1 Å². The summed E-state index contributed by atoms with van der Waals surface area (Å²) >= 11 is 0. The lowest BCUT2D eigenvalue weighted by molar-refractivity contribution is -0.385. The van der Waals surface area contributed by atoms with Gasteiger partial charge in [0, 0.05) is 11.6 Å². The van der Waals surface area contributed by atoms with Crippen LogP contribution in [0.5, 0.6) is 0 Å². The SMILES string of the molecule is Cc1ccc(C(C)NC(=O)C2(N)CC2)cc1[N+](=O)[O-].Cl. The van der Waals surface area contributed by atoms with Gasteiger partial charge in [-0.05, 0) is 32.3 Å². The molecule has 0 radical (unpaired) electrons. The van der Waals surface area contributed by atoms with E-state index in [1.807, 2.05) is 0 Å². The van der Waals surface area contributed by atoms with Crippen LogP contribution in [-0.2, 0) is 4.79 Å². The molecule has 0 saturated heterocycles. The van der Waals surface area contributed by atoms with Gasteiger partial charge in [0.2, 0.25) is 5.91 Å². The van der Waals surface area contributed by atoms with Gasteiger partial charge in [0.25, 0.3) is 5.69 Å². The fourth-order valence-electron chi connectivity index (χ4n) is 1.88. The summed E-state index contributed by atoms with van der Waals surface area (Å²) in [6, 6.07) is 4.67. The maximum atomic E-state index is 11.8. The Hall–Kier alpha value is -1.66. The minimum atomic E-state index is -0.731. The Morgan fingerprint density at radius 2 is 2.10 bits per heavy atom. The average molecular weight is 300 g/mol. The highest BCUT2D eigenvalue weighted by Gasteiger charge is 2.46. The molecule has 1 unspecified atom stereocenters. The van der Waals surface area contributed by atoms with Crippen LogP contribution >= 0.6 is 12.4 Å². The van der Waals surface area contributed by atoms with Gasteiger partial charge in [0.15, 0.2) is 0 Å². The number of hydrogen-bond acceptors (Lipinski definition) is 4. The van der Waals surface area contributed by atoms with Crippen LogP contribution in [-0.4, -0.2) is 16.4 Å². The predicted molar refractivity (Wildman–Crippen MR) is 77.8 cm³/mol. The van der Waals surface area contributed by atoms with Gasteiger partial charge in [0.1, 0.15) is 0 Å². The van der Waals surface area contributed by atoms with Crippen molar-refractivity contribution in [2.75, 3.05) is 0 Å². The highest BCUT2D eigenvalue weighted by molar-refractivity contribution is 5.89.